The number of hydrogen-bond donors (Lipinski definition) is 3. The summed E-state index contributed by atoms with van der Waals surface area (Å²) in [5.41, 5.74) is 0.789. The Kier molecular flexibility index (Phi) is 7.90. The second-order valence-corrected chi connectivity index (χ2v) is 7.30. The first-order valence-electron chi connectivity index (χ1n) is 9.92. The van der Waals surface area contributed by atoms with Gasteiger partial charge >= 0.3 is 12.1 Å². The molecule has 3 rings (SSSR count). The molecule has 1 aromatic carbocycles. The molecule has 3 N–H and O–H groups in total. The lowest BCUT2D eigenvalue weighted by Crippen LogP contribution is -2.38. The van der Waals surface area contributed by atoms with Gasteiger partial charge in [0.05, 0.1) is 18.9 Å². The van der Waals surface area contributed by atoms with Crippen LogP contribution in [0.5, 0.6) is 5.75 Å². The van der Waals surface area contributed by atoms with Gasteiger partial charge in [-0.25, -0.2) is 14.4 Å². The summed E-state index contributed by atoms with van der Waals surface area (Å²) < 4.78 is 5.77. The van der Waals surface area contributed by atoms with E-state index in [1.54, 1.807) is 30.3 Å². The number of benzene rings is 1. The van der Waals surface area contributed by atoms with E-state index in [9.17, 15) is 9.59 Å². The molecule has 1 aliphatic rings. The molecule has 0 unspecified atom stereocenters. The quantitative estimate of drug-likeness (QED) is 0.434. The predicted octanol–water partition coefficient (Wildman–Crippen LogP) is 4.50. The minimum Gasteiger partial charge on any atom is -0.491 e. The summed E-state index contributed by atoms with van der Waals surface area (Å²) in [5.74, 6) is 0.768. The van der Waals surface area contributed by atoms with E-state index in [1.807, 2.05) is 4.90 Å². The number of anilines is 2. The van der Waals surface area contributed by atoms with Crippen LogP contribution < -0.4 is 20.7 Å². The predicted molar refractivity (Wildman–Crippen MR) is 119 cm³/mol. The molecular weight excluding hydrogens is 420 g/mol. The van der Waals surface area contributed by atoms with Crippen LogP contribution in [0.4, 0.5) is 26.8 Å². The number of halogens is 1. The van der Waals surface area contributed by atoms with E-state index in [-0.39, 0.29) is 6.03 Å². The van der Waals surface area contributed by atoms with Crippen molar-refractivity contribution in [3.63, 3.8) is 0 Å². The first kappa shape index (κ1) is 22.2. The van der Waals surface area contributed by atoms with Crippen LogP contribution in [0.2, 0.25) is 5.02 Å². The zero-order valence-corrected chi connectivity index (χ0v) is 17.6. The summed E-state index contributed by atoms with van der Waals surface area (Å²) in [5, 5.41) is 8.60. The molecule has 162 valence electrons. The van der Waals surface area contributed by atoms with Crippen molar-refractivity contribution in [2.45, 2.75) is 19.3 Å². The van der Waals surface area contributed by atoms with Gasteiger partial charge in [0, 0.05) is 30.9 Å². The molecule has 31 heavy (non-hydrogen) atoms. The Hall–Kier alpha value is -3.51. The highest BCUT2D eigenvalue weighted by molar-refractivity contribution is 6.31. The molecule has 1 aromatic heterocycles. The van der Waals surface area contributed by atoms with Gasteiger partial charge < -0.3 is 20.3 Å². The average molecular weight is 443 g/mol. The van der Waals surface area contributed by atoms with Crippen LogP contribution in [0.15, 0.2) is 36.5 Å². The number of carbonyl (C=O) groups excluding carboxylic acids is 2. The summed E-state index contributed by atoms with van der Waals surface area (Å²) in [6.45, 7) is 9.40. The highest BCUT2D eigenvalue weighted by Gasteiger charge is 2.17. The van der Waals surface area contributed by atoms with Gasteiger partial charge in [0.25, 0.3) is 0 Å². The van der Waals surface area contributed by atoms with Gasteiger partial charge in [0.1, 0.15) is 11.6 Å². The fraction of sp³-hybridized carbons (Fsp3) is 0.333. The normalized spacial score (nSPS) is 12.7. The molecule has 1 saturated heterocycles. The molecule has 0 spiro atoms. The Bertz CT molecular complexity index is 955. The molecule has 0 bridgehead atoms. The third-order valence-corrected chi connectivity index (χ3v) is 4.79. The van der Waals surface area contributed by atoms with Crippen molar-refractivity contribution in [1.29, 1.82) is 0 Å². The molecule has 0 radical (unpaired) electrons. The van der Waals surface area contributed by atoms with Crippen LogP contribution in [-0.2, 0) is 0 Å². The molecule has 1 aliphatic heterocycles. The van der Waals surface area contributed by atoms with Crippen molar-refractivity contribution in [2.75, 3.05) is 36.9 Å². The first-order valence-corrected chi connectivity index (χ1v) is 10.3. The van der Waals surface area contributed by atoms with E-state index in [1.165, 1.54) is 6.20 Å². The number of pyridine rings is 1. The lowest BCUT2D eigenvalue weighted by molar-refractivity contribution is 0.207. The van der Waals surface area contributed by atoms with Crippen molar-refractivity contribution in [2.24, 2.45) is 0 Å². The number of rotatable bonds is 7. The van der Waals surface area contributed by atoms with Gasteiger partial charge in [0.15, 0.2) is 0 Å². The third-order valence-electron chi connectivity index (χ3n) is 4.56. The molecule has 0 atom stereocenters. The molecule has 0 saturated carbocycles. The van der Waals surface area contributed by atoms with Gasteiger partial charge in [-0.1, -0.05) is 17.7 Å². The maximum atomic E-state index is 12.3. The maximum Gasteiger partial charge on any atom is 0.324 e. The van der Waals surface area contributed by atoms with Gasteiger partial charge in [0.2, 0.25) is 5.69 Å². The Morgan fingerprint density at radius 3 is 2.71 bits per heavy atom. The van der Waals surface area contributed by atoms with Crippen LogP contribution in [0, 0.1) is 6.57 Å². The zero-order chi connectivity index (χ0) is 22.1. The second kappa shape index (κ2) is 11.0. The Labute approximate surface area is 185 Å². The van der Waals surface area contributed by atoms with E-state index in [0.29, 0.717) is 47.5 Å². The lowest BCUT2D eigenvalue weighted by atomic mass is 10.3. The SMILES string of the molecule is [C-]#[N+]c1ccc(NC(=O)Nc2cc(Cl)ccc2OCCCNC(=O)N2CCCC2)nc1. The van der Waals surface area contributed by atoms with E-state index in [4.69, 9.17) is 22.9 Å². The van der Waals surface area contributed by atoms with E-state index < -0.39 is 6.03 Å². The van der Waals surface area contributed by atoms with Gasteiger partial charge in [-0.2, -0.15) is 0 Å². The molecule has 2 aromatic rings. The number of aromatic nitrogens is 1. The molecule has 10 heteroatoms. The smallest absolute Gasteiger partial charge is 0.324 e. The fourth-order valence-electron chi connectivity index (χ4n) is 3.00. The second-order valence-electron chi connectivity index (χ2n) is 6.86. The number of nitrogens with zero attached hydrogens (tertiary/aromatic N) is 3. The number of ether oxygens (including phenoxy) is 1. The molecule has 9 nitrogen and oxygen atoms in total. The molecule has 0 aliphatic carbocycles. The number of hydrogen-bond acceptors (Lipinski definition) is 4. The third kappa shape index (κ3) is 6.76. The van der Waals surface area contributed by atoms with E-state index >= 15 is 0 Å². The van der Waals surface area contributed by atoms with Crippen LogP contribution in [0.1, 0.15) is 19.3 Å². The highest BCUT2D eigenvalue weighted by atomic mass is 35.5. The number of nitrogens with one attached hydrogen (secondary N) is 3. The van der Waals surface area contributed by atoms with Crippen molar-refractivity contribution in [3.05, 3.63) is 53.0 Å². The minimum atomic E-state index is -0.520. The van der Waals surface area contributed by atoms with E-state index in [0.717, 1.165) is 25.9 Å². The number of carbonyl (C=O) groups is 2. The molecular formula is C21H23ClN6O3. The largest absolute Gasteiger partial charge is 0.491 e. The Balaban J connectivity index is 1.48. The monoisotopic (exact) mass is 442 g/mol. The first-order chi connectivity index (χ1) is 15.0. The fourth-order valence-corrected chi connectivity index (χ4v) is 3.18. The van der Waals surface area contributed by atoms with Gasteiger partial charge in [-0.3, -0.25) is 10.3 Å². The van der Waals surface area contributed by atoms with Gasteiger partial charge in [-0.05, 0) is 43.5 Å². The molecule has 1 fully saturated rings. The van der Waals surface area contributed by atoms with Gasteiger partial charge in [-0.15, -0.1) is 0 Å². The zero-order valence-electron chi connectivity index (χ0n) is 16.9. The van der Waals surface area contributed by atoms with E-state index in [2.05, 4.69) is 25.8 Å². The topological polar surface area (TPSA) is 99.9 Å². The van der Waals surface area contributed by atoms with Crippen molar-refractivity contribution >= 4 is 40.9 Å². The van der Waals surface area contributed by atoms with Crippen molar-refractivity contribution in [3.8, 4) is 5.75 Å². The van der Waals surface area contributed by atoms with Crippen LogP contribution in [-0.4, -0.2) is 48.2 Å². The molecule has 2 heterocycles. The lowest BCUT2D eigenvalue weighted by Gasteiger charge is -2.16. The maximum absolute atomic E-state index is 12.3. The van der Waals surface area contributed by atoms with Crippen LogP contribution >= 0.6 is 11.6 Å². The standard InChI is InChI=1S/C21H23ClN6O3/c1-23-16-6-8-19(25-14-16)27-20(29)26-17-13-15(22)5-7-18(17)31-12-4-9-24-21(30)28-10-2-3-11-28/h5-8,13-14H,2-4,9-12H2,(H,24,30)(H2,25,26,27,29). The molecule has 4 amide bonds. The average Bonchev–Trinajstić information content (AvgIpc) is 3.30. The summed E-state index contributed by atoms with van der Waals surface area (Å²) >= 11 is 6.05. The summed E-state index contributed by atoms with van der Waals surface area (Å²) in [6.07, 6.45) is 4.10. The highest BCUT2D eigenvalue weighted by Crippen LogP contribution is 2.28. The number of likely N-dealkylation sites (tertiary alicyclic amines) is 1. The summed E-state index contributed by atoms with van der Waals surface area (Å²) in [4.78, 5) is 33.3. The summed E-state index contributed by atoms with van der Waals surface area (Å²) in [6, 6.07) is 7.46. The Morgan fingerprint density at radius 2 is 2.00 bits per heavy atom. The number of urea groups is 2. The number of amides is 4. The van der Waals surface area contributed by atoms with Crippen molar-refractivity contribution in [1.82, 2.24) is 15.2 Å². The van der Waals surface area contributed by atoms with Crippen LogP contribution in [0.3, 0.4) is 0 Å². The summed E-state index contributed by atoms with van der Waals surface area (Å²) in [7, 11) is 0. The van der Waals surface area contributed by atoms with Crippen LogP contribution in [0.25, 0.3) is 4.85 Å². The Morgan fingerprint density at radius 1 is 1.19 bits per heavy atom. The van der Waals surface area contributed by atoms with Crippen molar-refractivity contribution < 1.29 is 14.3 Å². The minimum absolute atomic E-state index is 0.0407.